The number of carbonyl (C=O) groups is 1. The predicted molar refractivity (Wildman–Crippen MR) is 43.4 cm³/mol. The Bertz CT molecular complexity index is 235. The predicted octanol–water partition coefficient (Wildman–Crippen LogP) is 0.164. The standard InChI is InChI=1S/C5H10NO6P/c7-5(8)4(6-9)2-1-3-13(10,11)12/h4H,1-3H2,(H,7,8)(H2,10,11,12). The third-order valence-corrected chi connectivity index (χ3v) is 2.24. The highest BCUT2D eigenvalue weighted by Crippen LogP contribution is 2.35. The Hall–Kier alpha value is -0.780. The first-order chi connectivity index (χ1) is 5.87. The summed E-state index contributed by atoms with van der Waals surface area (Å²) in [5.41, 5.74) is 0. The molecule has 13 heavy (non-hydrogen) atoms. The Labute approximate surface area is 73.9 Å². The van der Waals surface area contributed by atoms with Gasteiger partial charge in [-0.05, 0) is 12.8 Å². The van der Waals surface area contributed by atoms with Gasteiger partial charge in [-0.1, -0.05) is 5.18 Å². The van der Waals surface area contributed by atoms with Gasteiger partial charge in [0.1, 0.15) is 0 Å². The van der Waals surface area contributed by atoms with Crippen LogP contribution in [0.4, 0.5) is 0 Å². The molecule has 0 aliphatic heterocycles. The van der Waals surface area contributed by atoms with Crippen molar-refractivity contribution in [3.8, 4) is 0 Å². The van der Waals surface area contributed by atoms with E-state index in [9.17, 15) is 14.3 Å². The lowest BCUT2D eigenvalue weighted by molar-refractivity contribution is -0.138. The molecule has 0 saturated carbocycles. The normalized spacial score (nSPS) is 13.7. The minimum atomic E-state index is -4.10. The fourth-order valence-corrected chi connectivity index (χ4v) is 1.31. The highest BCUT2D eigenvalue weighted by atomic mass is 31.2. The van der Waals surface area contributed by atoms with Gasteiger partial charge >= 0.3 is 13.6 Å². The monoisotopic (exact) mass is 211 g/mol. The lowest BCUT2D eigenvalue weighted by Gasteiger charge is -2.04. The van der Waals surface area contributed by atoms with Crippen LogP contribution in [0.5, 0.6) is 0 Å². The van der Waals surface area contributed by atoms with Crippen LogP contribution in [0.2, 0.25) is 0 Å². The summed E-state index contributed by atoms with van der Waals surface area (Å²) < 4.78 is 10.3. The van der Waals surface area contributed by atoms with Gasteiger partial charge in [0.15, 0.2) is 6.04 Å². The molecule has 0 heterocycles. The molecule has 0 rings (SSSR count). The molecule has 0 amide bonds. The van der Waals surface area contributed by atoms with Crippen LogP contribution in [0.15, 0.2) is 5.18 Å². The highest BCUT2D eigenvalue weighted by Gasteiger charge is 2.20. The maximum Gasteiger partial charge on any atom is 0.332 e. The lowest BCUT2D eigenvalue weighted by Crippen LogP contribution is -2.17. The number of nitroso groups, excluding NO2 is 1. The molecular weight excluding hydrogens is 201 g/mol. The molecule has 0 bridgehead atoms. The lowest BCUT2D eigenvalue weighted by atomic mass is 10.2. The van der Waals surface area contributed by atoms with Crippen LogP contribution in [0, 0.1) is 4.91 Å². The van der Waals surface area contributed by atoms with Gasteiger partial charge < -0.3 is 14.9 Å². The average molecular weight is 211 g/mol. The number of rotatable bonds is 6. The summed E-state index contributed by atoms with van der Waals surface area (Å²) in [6.45, 7) is 0. The van der Waals surface area contributed by atoms with Gasteiger partial charge in [-0.2, -0.15) is 0 Å². The van der Waals surface area contributed by atoms with E-state index in [1.165, 1.54) is 0 Å². The zero-order chi connectivity index (χ0) is 10.5. The maximum absolute atomic E-state index is 10.3. The van der Waals surface area contributed by atoms with Crippen molar-refractivity contribution in [1.29, 1.82) is 0 Å². The molecule has 0 aliphatic carbocycles. The van der Waals surface area contributed by atoms with Gasteiger partial charge in [0.2, 0.25) is 0 Å². The Morgan fingerprint density at radius 3 is 2.31 bits per heavy atom. The molecule has 7 nitrogen and oxygen atoms in total. The van der Waals surface area contributed by atoms with Crippen molar-refractivity contribution in [2.24, 2.45) is 5.18 Å². The molecule has 0 spiro atoms. The van der Waals surface area contributed by atoms with Gasteiger partial charge in [-0.15, -0.1) is 4.91 Å². The topological polar surface area (TPSA) is 124 Å². The molecule has 0 radical (unpaired) electrons. The van der Waals surface area contributed by atoms with E-state index >= 15 is 0 Å². The third-order valence-electron chi connectivity index (χ3n) is 1.34. The van der Waals surface area contributed by atoms with Crippen molar-refractivity contribution >= 4 is 13.6 Å². The first-order valence-electron chi connectivity index (χ1n) is 3.46. The summed E-state index contributed by atoms with van der Waals surface area (Å²) in [6, 6.07) is -1.41. The van der Waals surface area contributed by atoms with Crippen molar-refractivity contribution in [2.75, 3.05) is 6.16 Å². The Morgan fingerprint density at radius 2 is 2.00 bits per heavy atom. The number of carboxylic acid groups (broad SMARTS) is 1. The Morgan fingerprint density at radius 1 is 1.46 bits per heavy atom. The first kappa shape index (κ1) is 12.2. The van der Waals surface area contributed by atoms with Crippen LogP contribution >= 0.6 is 7.60 Å². The molecule has 0 aromatic rings. The van der Waals surface area contributed by atoms with E-state index in [0.29, 0.717) is 0 Å². The molecule has 76 valence electrons. The maximum atomic E-state index is 10.3. The number of hydrogen-bond acceptors (Lipinski definition) is 4. The number of carboxylic acids is 1. The van der Waals surface area contributed by atoms with E-state index < -0.39 is 25.8 Å². The second-order valence-electron chi connectivity index (χ2n) is 2.49. The van der Waals surface area contributed by atoms with Crippen molar-refractivity contribution in [1.82, 2.24) is 0 Å². The van der Waals surface area contributed by atoms with E-state index in [0.717, 1.165) is 0 Å². The molecule has 0 aromatic heterocycles. The quantitative estimate of drug-likeness (QED) is 0.424. The zero-order valence-electron chi connectivity index (χ0n) is 6.66. The van der Waals surface area contributed by atoms with Crippen molar-refractivity contribution in [3.63, 3.8) is 0 Å². The third kappa shape index (κ3) is 6.39. The van der Waals surface area contributed by atoms with E-state index in [1.807, 2.05) is 0 Å². The van der Waals surface area contributed by atoms with Crippen LogP contribution in [0.3, 0.4) is 0 Å². The SMILES string of the molecule is O=NC(CCCP(=O)(O)O)C(=O)O. The second kappa shape index (κ2) is 5.06. The second-order valence-corrected chi connectivity index (χ2v) is 4.27. The molecule has 8 heteroatoms. The molecule has 0 saturated heterocycles. The summed E-state index contributed by atoms with van der Waals surface area (Å²) >= 11 is 0. The minimum Gasteiger partial charge on any atom is -0.480 e. The summed E-state index contributed by atoms with van der Waals surface area (Å²) in [4.78, 5) is 36.9. The zero-order valence-corrected chi connectivity index (χ0v) is 7.55. The van der Waals surface area contributed by atoms with Crippen molar-refractivity contribution in [2.45, 2.75) is 18.9 Å². The van der Waals surface area contributed by atoms with Crippen molar-refractivity contribution < 1.29 is 24.3 Å². The van der Waals surface area contributed by atoms with Gasteiger partial charge in [0.05, 0.1) is 0 Å². The van der Waals surface area contributed by atoms with Crippen LogP contribution < -0.4 is 0 Å². The molecule has 0 fully saturated rings. The molecule has 3 N–H and O–H groups in total. The molecule has 1 unspecified atom stereocenters. The number of nitrogens with zero attached hydrogens (tertiary/aromatic N) is 1. The molecule has 1 atom stereocenters. The van der Waals surface area contributed by atoms with Crippen LogP contribution in [-0.4, -0.2) is 33.1 Å². The summed E-state index contributed by atoms with van der Waals surface area (Å²) in [7, 11) is -4.10. The highest BCUT2D eigenvalue weighted by molar-refractivity contribution is 7.51. The van der Waals surface area contributed by atoms with E-state index in [-0.39, 0.29) is 12.8 Å². The summed E-state index contributed by atoms with van der Waals surface area (Å²) in [5.74, 6) is -1.37. The fourth-order valence-electron chi connectivity index (χ4n) is 0.712. The largest absolute Gasteiger partial charge is 0.480 e. The summed E-state index contributed by atoms with van der Waals surface area (Å²) in [5, 5.41) is 10.6. The van der Waals surface area contributed by atoms with Gasteiger partial charge in [-0.25, -0.2) is 4.79 Å². The van der Waals surface area contributed by atoms with Gasteiger partial charge in [0, 0.05) is 6.16 Å². The van der Waals surface area contributed by atoms with E-state index in [1.54, 1.807) is 0 Å². The average Bonchev–Trinajstić information content (AvgIpc) is 1.95. The van der Waals surface area contributed by atoms with Crippen LogP contribution in [-0.2, 0) is 9.36 Å². The smallest absolute Gasteiger partial charge is 0.332 e. The van der Waals surface area contributed by atoms with Crippen molar-refractivity contribution in [3.05, 3.63) is 4.91 Å². The Balaban J connectivity index is 3.81. The fraction of sp³-hybridized carbons (Fsp3) is 0.800. The van der Waals surface area contributed by atoms with Crippen LogP contribution in [0.25, 0.3) is 0 Å². The van der Waals surface area contributed by atoms with Gasteiger partial charge in [0.25, 0.3) is 0 Å². The minimum absolute atomic E-state index is 0.0347. The summed E-state index contributed by atoms with van der Waals surface area (Å²) in [6.07, 6.45) is -0.608. The van der Waals surface area contributed by atoms with E-state index in [4.69, 9.17) is 14.9 Å². The Kier molecular flexibility index (Phi) is 4.76. The van der Waals surface area contributed by atoms with Gasteiger partial charge in [-0.3, -0.25) is 4.57 Å². The molecular formula is C5H10NO6P. The molecule has 0 aliphatic rings. The number of aliphatic carboxylic acids is 1. The number of hydrogen-bond donors (Lipinski definition) is 3. The van der Waals surface area contributed by atoms with Crippen LogP contribution in [0.1, 0.15) is 12.8 Å². The molecule has 0 aromatic carbocycles. The first-order valence-corrected chi connectivity index (χ1v) is 5.26. The van der Waals surface area contributed by atoms with E-state index in [2.05, 4.69) is 5.18 Å².